The normalized spacial score (nSPS) is 11.9. The summed E-state index contributed by atoms with van der Waals surface area (Å²) in [6.45, 7) is 0. The lowest BCUT2D eigenvalue weighted by Crippen LogP contribution is -2.29. The molecule has 5 nitrogen and oxygen atoms in total. The Labute approximate surface area is 168 Å². The quantitative estimate of drug-likeness (QED) is 0.464. The highest BCUT2D eigenvalue weighted by Gasteiger charge is 2.18. The van der Waals surface area contributed by atoms with Crippen molar-refractivity contribution in [2.45, 2.75) is 18.9 Å². The van der Waals surface area contributed by atoms with E-state index in [1.165, 1.54) is 0 Å². The average molecular weight is 383 g/mol. The molecule has 1 heterocycles. The molecule has 0 saturated carbocycles. The smallest absolute Gasteiger partial charge is 0.221 e. The van der Waals surface area contributed by atoms with Crippen LogP contribution in [0.1, 0.15) is 40.4 Å². The number of rotatable bonds is 7. The second-order valence-electron chi connectivity index (χ2n) is 6.88. The van der Waals surface area contributed by atoms with Gasteiger partial charge in [-0.2, -0.15) is 0 Å². The summed E-state index contributed by atoms with van der Waals surface area (Å²) < 4.78 is 0. The Morgan fingerprint density at radius 1 is 0.862 bits per heavy atom. The van der Waals surface area contributed by atoms with Gasteiger partial charge >= 0.3 is 0 Å². The van der Waals surface area contributed by atoms with E-state index >= 15 is 0 Å². The van der Waals surface area contributed by atoms with Crippen LogP contribution in [0.5, 0.6) is 0 Å². The fraction of sp³-hybridized carbons (Fsp3) is 0.125. The molecule has 3 aromatic carbocycles. The Hall–Kier alpha value is -3.73. The minimum Gasteiger partial charge on any atom is -0.345 e. The molecule has 0 bridgehead atoms. The fourth-order valence-electron chi connectivity index (χ4n) is 3.37. The third-order valence-electron chi connectivity index (χ3n) is 4.89. The summed E-state index contributed by atoms with van der Waals surface area (Å²) in [6, 6.07) is 24.5. The molecule has 1 unspecified atom stereocenters. The van der Waals surface area contributed by atoms with Gasteiger partial charge in [0.25, 0.3) is 0 Å². The number of nitrogens with zero attached hydrogens (tertiary/aromatic N) is 1. The Bertz CT molecular complexity index is 1120. The highest BCUT2D eigenvalue weighted by atomic mass is 16.2. The number of Topliss-reactive ketones (excluding diaryl/α,β-unsaturated/α-hetero) is 1. The summed E-state index contributed by atoms with van der Waals surface area (Å²) in [6.07, 6.45) is 1.97. The topological polar surface area (TPSA) is 74.8 Å². The van der Waals surface area contributed by atoms with Gasteiger partial charge in [-0.15, -0.1) is 0 Å². The van der Waals surface area contributed by atoms with Crippen LogP contribution in [0.4, 0.5) is 0 Å². The van der Waals surface area contributed by atoms with E-state index in [2.05, 4.69) is 15.3 Å². The molecule has 4 rings (SSSR count). The number of hydrogen-bond donors (Lipinski definition) is 2. The lowest BCUT2D eigenvalue weighted by atomic mass is 9.97. The number of carbonyl (C=O) groups excluding carboxylic acids is 2. The van der Waals surface area contributed by atoms with Crippen molar-refractivity contribution in [3.05, 3.63) is 102 Å². The van der Waals surface area contributed by atoms with E-state index in [0.717, 1.165) is 22.2 Å². The second kappa shape index (κ2) is 8.52. The number of carbonyl (C=O) groups is 2. The van der Waals surface area contributed by atoms with Crippen molar-refractivity contribution in [3.8, 4) is 0 Å². The van der Waals surface area contributed by atoms with Crippen LogP contribution in [0.25, 0.3) is 11.0 Å². The Morgan fingerprint density at radius 2 is 1.59 bits per heavy atom. The number of aromatic nitrogens is 2. The molecule has 0 aliphatic heterocycles. The molecule has 0 saturated heterocycles. The minimum atomic E-state index is -0.303. The molecule has 0 aliphatic rings. The van der Waals surface area contributed by atoms with Crippen LogP contribution >= 0.6 is 0 Å². The SMILES string of the molecule is O=C(CCC(=O)c1ccccc1)NC(c1ccccc1)c1ccc2nc[nH]c2c1. The number of imidazole rings is 1. The fourth-order valence-corrected chi connectivity index (χ4v) is 3.37. The summed E-state index contributed by atoms with van der Waals surface area (Å²) in [5.41, 5.74) is 4.35. The Morgan fingerprint density at radius 3 is 2.34 bits per heavy atom. The highest BCUT2D eigenvalue weighted by molar-refractivity contribution is 5.98. The van der Waals surface area contributed by atoms with Crippen molar-refractivity contribution in [2.75, 3.05) is 0 Å². The van der Waals surface area contributed by atoms with Crippen molar-refractivity contribution in [1.29, 1.82) is 0 Å². The van der Waals surface area contributed by atoms with E-state index in [-0.39, 0.29) is 30.6 Å². The van der Waals surface area contributed by atoms with Gasteiger partial charge in [0.1, 0.15) is 0 Å². The maximum Gasteiger partial charge on any atom is 0.221 e. The number of benzene rings is 3. The first-order chi connectivity index (χ1) is 14.2. The van der Waals surface area contributed by atoms with E-state index in [1.54, 1.807) is 18.5 Å². The van der Waals surface area contributed by atoms with Gasteiger partial charge in [0.15, 0.2) is 5.78 Å². The van der Waals surface area contributed by atoms with Crippen LogP contribution in [-0.2, 0) is 4.79 Å². The van der Waals surface area contributed by atoms with Gasteiger partial charge in [-0.3, -0.25) is 9.59 Å². The highest BCUT2D eigenvalue weighted by Crippen LogP contribution is 2.25. The third kappa shape index (κ3) is 4.41. The van der Waals surface area contributed by atoms with Crippen molar-refractivity contribution in [2.24, 2.45) is 0 Å². The number of ketones is 1. The van der Waals surface area contributed by atoms with Gasteiger partial charge in [-0.05, 0) is 23.3 Å². The van der Waals surface area contributed by atoms with Crippen molar-refractivity contribution >= 4 is 22.7 Å². The van der Waals surface area contributed by atoms with E-state index in [4.69, 9.17) is 0 Å². The van der Waals surface area contributed by atoms with E-state index < -0.39 is 0 Å². The summed E-state index contributed by atoms with van der Waals surface area (Å²) >= 11 is 0. The molecular weight excluding hydrogens is 362 g/mol. The molecule has 4 aromatic rings. The number of H-pyrrole nitrogens is 1. The molecule has 1 aromatic heterocycles. The van der Waals surface area contributed by atoms with Gasteiger partial charge in [0.05, 0.1) is 23.4 Å². The Kier molecular flexibility index (Phi) is 5.47. The first-order valence-electron chi connectivity index (χ1n) is 9.56. The van der Waals surface area contributed by atoms with E-state index in [9.17, 15) is 9.59 Å². The molecule has 1 amide bonds. The maximum atomic E-state index is 12.7. The van der Waals surface area contributed by atoms with Crippen LogP contribution < -0.4 is 5.32 Å². The van der Waals surface area contributed by atoms with Gasteiger partial charge in [-0.1, -0.05) is 66.7 Å². The number of amides is 1. The van der Waals surface area contributed by atoms with Gasteiger partial charge in [0.2, 0.25) is 5.91 Å². The van der Waals surface area contributed by atoms with Crippen molar-refractivity contribution in [3.63, 3.8) is 0 Å². The van der Waals surface area contributed by atoms with Gasteiger partial charge in [0, 0.05) is 18.4 Å². The molecule has 29 heavy (non-hydrogen) atoms. The number of fused-ring (bicyclic) bond motifs is 1. The van der Waals surface area contributed by atoms with Gasteiger partial charge < -0.3 is 10.3 Å². The standard InChI is InChI=1S/C24H21N3O2/c28-22(17-7-3-1-4-8-17)13-14-23(29)27-24(18-9-5-2-6-10-18)19-11-12-20-21(15-19)26-16-25-20/h1-12,15-16,24H,13-14H2,(H,25,26)(H,27,29). The molecule has 1 atom stereocenters. The summed E-state index contributed by atoms with van der Waals surface area (Å²) in [5, 5.41) is 3.09. The summed E-state index contributed by atoms with van der Waals surface area (Å²) in [5.74, 6) is -0.191. The van der Waals surface area contributed by atoms with Crippen molar-refractivity contribution in [1.82, 2.24) is 15.3 Å². The molecule has 5 heteroatoms. The van der Waals surface area contributed by atoms with E-state index in [1.807, 2.05) is 66.7 Å². The third-order valence-corrected chi connectivity index (χ3v) is 4.89. The second-order valence-corrected chi connectivity index (χ2v) is 6.88. The minimum absolute atomic E-state index is 0.0316. The molecule has 144 valence electrons. The van der Waals surface area contributed by atoms with Crippen LogP contribution in [0, 0.1) is 0 Å². The predicted molar refractivity (Wildman–Crippen MR) is 113 cm³/mol. The van der Waals surface area contributed by atoms with Crippen molar-refractivity contribution < 1.29 is 9.59 Å². The lowest BCUT2D eigenvalue weighted by Gasteiger charge is -2.20. The number of nitrogens with one attached hydrogen (secondary N) is 2. The first-order valence-corrected chi connectivity index (χ1v) is 9.56. The Balaban J connectivity index is 1.51. The zero-order chi connectivity index (χ0) is 20.1. The summed E-state index contributed by atoms with van der Waals surface area (Å²) in [7, 11) is 0. The molecule has 2 N–H and O–H groups in total. The number of aromatic amines is 1. The van der Waals surface area contributed by atoms with Gasteiger partial charge in [-0.25, -0.2) is 4.98 Å². The maximum absolute atomic E-state index is 12.7. The van der Waals surface area contributed by atoms with Crippen LogP contribution in [0.2, 0.25) is 0 Å². The van der Waals surface area contributed by atoms with Crippen LogP contribution in [-0.4, -0.2) is 21.7 Å². The van der Waals surface area contributed by atoms with Crippen LogP contribution in [0.15, 0.2) is 85.2 Å². The molecule has 0 radical (unpaired) electrons. The zero-order valence-electron chi connectivity index (χ0n) is 15.8. The average Bonchev–Trinajstić information content (AvgIpc) is 3.25. The largest absolute Gasteiger partial charge is 0.345 e. The number of hydrogen-bond acceptors (Lipinski definition) is 3. The molecular formula is C24H21N3O2. The lowest BCUT2D eigenvalue weighted by molar-refractivity contribution is -0.121. The molecule has 0 aliphatic carbocycles. The van der Waals surface area contributed by atoms with E-state index in [0.29, 0.717) is 5.56 Å². The predicted octanol–water partition coefficient (Wildman–Crippen LogP) is 4.43. The molecule has 0 spiro atoms. The summed E-state index contributed by atoms with van der Waals surface area (Å²) in [4.78, 5) is 32.3. The van der Waals surface area contributed by atoms with Crippen LogP contribution in [0.3, 0.4) is 0 Å². The zero-order valence-corrected chi connectivity index (χ0v) is 15.8. The first kappa shape index (κ1) is 18.6. The monoisotopic (exact) mass is 383 g/mol. The molecule has 0 fully saturated rings.